The summed E-state index contributed by atoms with van der Waals surface area (Å²) in [7, 11) is 0. The van der Waals surface area contributed by atoms with Gasteiger partial charge in [0.1, 0.15) is 5.82 Å². The van der Waals surface area contributed by atoms with E-state index in [1.807, 2.05) is 18.7 Å². The molecule has 1 atom stereocenters. The third-order valence-corrected chi connectivity index (χ3v) is 2.64. The number of aliphatic hydroxyl groups is 1. The molecule has 0 unspecified atom stereocenters. The molecule has 1 rings (SSSR count). The van der Waals surface area contributed by atoms with Crippen molar-refractivity contribution in [1.82, 2.24) is 0 Å². The molecule has 1 N–H and O–H groups in total. The molecule has 0 spiro atoms. The zero-order valence-corrected chi connectivity index (χ0v) is 10.7. The van der Waals surface area contributed by atoms with Gasteiger partial charge in [-0.05, 0) is 38.5 Å². The van der Waals surface area contributed by atoms with Gasteiger partial charge in [0.15, 0.2) is 0 Å². The van der Waals surface area contributed by atoms with Crippen molar-refractivity contribution < 1.29 is 9.50 Å². The second-order valence-corrected chi connectivity index (χ2v) is 4.36. The lowest BCUT2D eigenvalue weighted by molar-refractivity contribution is 0.199. The Morgan fingerprint density at radius 3 is 2.59 bits per heavy atom. The molecule has 0 amide bonds. The molecule has 0 aliphatic heterocycles. The topological polar surface area (TPSA) is 23.5 Å². The summed E-state index contributed by atoms with van der Waals surface area (Å²) in [5.41, 5.74) is 2.14. The molecule has 2 nitrogen and oxygen atoms in total. The van der Waals surface area contributed by atoms with Gasteiger partial charge in [0.05, 0.1) is 11.8 Å². The van der Waals surface area contributed by atoms with E-state index in [0.29, 0.717) is 17.8 Å². The molecule has 0 saturated heterocycles. The van der Waals surface area contributed by atoms with Crippen LogP contribution in [0.25, 0.3) is 0 Å². The zero-order valence-electron chi connectivity index (χ0n) is 10.7. The summed E-state index contributed by atoms with van der Waals surface area (Å²) in [6.45, 7) is 10.7. The van der Waals surface area contributed by atoms with Gasteiger partial charge in [-0.2, -0.15) is 0 Å². The van der Waals surface area contributed by atoms with Crippen LogP contribution < -0.4 is 4.90 Å². The average Bonchev–Trinajstić information content (AvgIpc) is 2.25. The first-order chi connectivity index (χ1) is 7.95. The molecule has 0 heterocycles. The predicted molar refractivity (Wildman–Crippen MR) is 69.7 cm³/mol. The van der Waals surface area contributed by atoms with Crippen LogP contribution in [0.2, 0.25) is 0 Å². The van der Waals surface area contributed by atoms with Crippen LogP contribution in [-0.2, 0) is 0 Å². The minimum absolute atomic E-state index is 0.300. The molecule has 94 valence electrons. The van der Waals surface area contributed by atoms with Gasteiger partial charge in [0, 0.05) is 13.1 Å². The summed E-state index contributed by atoms with van der Waals surface area (Å²) in [5, 5.41) is 9.39. The SMILES string of the molecule is C=C(C)CN(CC)c1ccc([C@H](C)O)cc1F. The van der Waals surface area contributed by atoms with Gasteiger partial charge < -0.3 is 10.0 Å². The fourth-order valence-electron chi connectivity index (χ4n) is 1.73. The number of benzene rings is 1. The summed E-state index contributed by atoms with van der Waals surface area (Å²) in [6, 6.07) is 4.86. The highest BCUT2D eigenvalue weighted by atomic mass is 19.1. The van der Waals surface area contributed by atoms with Gasteiger partial charge in [-0.15, -0.1) is 0 Å². The Kier molecular flexibility index (Phi) is 4.70. The fraction of sp³-hybridized carbons (Fsp3) is 0.429. The molecule has 0 aliphatic rings. The van der Waals surface area contributed by atoms with Gasteiger partial charge in [-0.1, -0.05) is 18.2 Å². The van der Waals surface area contributed by atoms with Crippen molar-refractivity contribution in [1.29, 1.82) is 0 Å². The van der Waals surface area contributed by atoms with Crippen molar-refractivity contribution in [3.8, 4) is 0 Å². The molecular formula is C14H20FNO. The van der Waals surface area contributed by atoms with E-state index in [-0.39, 0.29) is 5.82 Å². The molecule has 1 aromatic rings. The Morgan fingerprint density at radius 1 is 1.53 bits per heavy atom. The molecule has 0 fully saturated rings. The van der Waals surface area contributed by atoms with Gasteiger partial charge in [0.2, 0.25) is 0 Å². The first kappa shape index (κ1) is 13.7. The minimum atomic E-state index is -0.644. The Morgan fingerprint density at radius 2 is 2.18 bits per heavy atom. The van der Waals surface area contributed by atoms with E-state index < -0.39 is 6.10 Å². The lowest BCUT2D eigenvalue weighted by Gasteiger charge is -2.24. The number of halogens is 1. The molecule has 0 bridgehead atoms. The average molecular weight is 237 g/mol. The maximum atomic E-state index is 13.9. The number of rotatable bonds is 5. The molecule has 17 heavy (non-hydrogen) atoms. The van der Waals surface area contributed by atoms with Crippen LogP contribution >= 0.6 is 0 Å². The monoisotopic (exact) mass is 237 g/mol. The first-order valence-corrected chi connectivity index (χ1v) is 5.82. The Balaban J connectivity index is 3.00. The number of likely N-dealkylation sites (N-methyl/N-ethyl adjacent to an activating group) is 1. The molecule has 3 heteroatoms. The van der Waals surface area contributed by atoms with Crippen LogP contribution in [0.4, 0.5) is 10.1 Å². The maximum Gasteiger partial charge on any atom is 0.146 e. The van der Waals surface area contributed by atoms with Crippen molar-refractivity contribution in [2.45, 2.75) is 26.9 Å². The highest BCUT2D eigenvalue weighted by molar-refractivity contribution is 5.50. The Labute approximate surface area is 102 Å². The van der Waals surface area contributed by atoms with Crippen LogP contribution in [0.15, 0.2) is 30.4 Å². The van der Waals surface area contributed by atoms with E-state index in [9.17, 15) is 9.50 Å². The predicted octanol–water partition coefficient (Wildman–Crippen LogP) is 3.28. The number of hydrogen-bond donors (Lipinski definition) is 1. The highest BCUT2D eigenvalue weighted by Gasteiger charge is 2.12. The van der Waals surface area contributed by atoms with Gasteiger partial charge in [-0.25, -0.2) is 4.39 Å². The number of nitrogens with zero attached hydrogens (tertiary/aromatic N) is 1. The Bertz CT molecular complexity index is 401. The van der Waals surface area contributed by atoms with Crippen molar-refractivity contribution in [2.24, 2.45) is 0 Å². The molecule has 0 saturated carbocycles. The largest absolute Gasteiger partial charge is 0.389 e. The van der Waals surface area contributed by atoms with Crippen LogP contribution in [0.5, 0.6) is 0 Å². The number of anilines is 1. The highest BCUT2D eigenvalue weighted by Crippen LogP contribution is 2.23. The first-order valence-electron chi connectivity index (χ1n) is 5.82. The number of hydrogen-bond acceptors (Lipinski definition) is 2. The van der Waals surface area contributed by atoms with Crippen molar-refractivity contribution in [2.75, 3.05) is 18.0 Å². The summed E-state index contributed by atoms with van der Waals surface area (Å²) < 4.78 is 13.9. The third-order valence-electron chi connectivity index (χ3n) is 2.64. The molecule has 1 aromatic carbocycles. The Hall–Kier alpha value is -1.35. The second-order valence-electron chi connectivity index (χ2n) is 4.36. The summed E-state index contributed by atoms with van der Waals surface area (Å²) in [5.74, 6) is -0.300. The molecule has 0 radical (unpaired) electrons. The maximum absolute atomic E-state index is 13.9. The van der Waals surface area contributed by atoms with Crippen molar-refractivity contribution in [3.63, 3.8) is 0 Å². The lowest BCUT2D eigenvalue weighted by Crippen LogP contribution is -2.25. The van der Waals surface area contributed by atoms with E-state index >= 15 is 0 Å². The molecule has 0 aliphatic carbocycles. The van der Waals surface area contributed by atoms with Gasteiger partial charge in [-0.3, -0.25) is 0 Å². The number of aliphatic hydroxyl groups excluding tert-OH is 1. The van der Waals surface area contributed by atoms with Crippen molar-refractivity contribution in [3.05, 3.63) is 41.7 Å². The van der Waals surface area contributed by atoms with Crippen LogP contribution in [0, 0.1) is 5.82 Å². The minimum Gasteiger partial charge on any atom is -0.389 e. The third kappa shape index (κ3) is 3.56. The van der Waals surface area contributed by atoms with E-state index in [2.05, 4.69) is 6.58 Å². The van der Waals surface area contributed by atoms with Crippen molar-refractivity contribution >= 4 is 5.69 Å². The lowest BCUT2D eigenvalue weighted by atomic mass is 10.1. The quantitative estimate of drug-likeness (QED) is 0.794. The second kappa shape index (κ2) is 5.82. The van der Waals surface area contributed by atoms with Gasteiger partial charge >= 0.3 is 0 Å². The van der Waals surface area contributed by atoms with E-state index in [1.54, 1.807) is 19.1 Å². The summed E-state index contributed by atoms with van der Waals surface area (Å²) in [4.78, 5) is 1.92. The van der Waals surface area contributed by atoms with E-state index in [1.165, 1.54) is 6.07 Å². The summed E-state index contributed by atoms with van der Waals surface area (Å²) in [6.07, 6.45) is -0.644. The summed E-state index contributed by atoms with van der Waals surface area (Å²) >= 11 is 0. The van der Waals surface area contributed by atoms with Crippen LogP contribution in [-0.4, -0.2) is 18.2 Å². The standard InChI is InChI=1S/C14H20FNO/c1-5-16(9-10(2)3)14-7-6-12(11(4)17)8-13(14)15/h6-8,11,17H,2,5,9H2,1,3-4H3/t11-/m0/s1. The van der Waals surface area contributed by atoms with E-state index in [4.69, 9.17) is 0 Å². The molecular weight excluding hydrogens is 217 g/mol. The normalized spacial score (nSPS) is 12.3. The fourth-order valence-corrected chi connectivity index (χ4v) is 1.73. The zero-order chi connectivity index (χ0) is 13.0. The van der Waals surface area contributed by atoms with Gasteiger partial charge in [0.25, 0.3) is 0 Å². The van der Waals surface area contributed by atoms with Crippen LogP contribution in [0.3, 0.4) is 0 Å². The smallest absolute Gasteiger partial charge is 0.146 e. The molecule has 0 aromatic heterocycles. The van der Waals surface area contributed by atoms with E-state index in [0.717, 1.165) is 12.1 Å². The van der Waals surface area contributed by atoms with Crippen LogP contribution in [0.1, 0.15) is 32.4 Å².